The van der Waals surface area contributed by atoms with E-state index in [2.05, 4.69) is 31.0 Å². The molecule has 0 aromatic heterocycles. The summed E-state index contributed by atoms with van der Waals surface area (Å²) in [4.78, 5) is 2.69. The van der Waals surface area contributed by atoms with Gasteiger partial charge in [0.25, 0.3) is 0 Å². The van der Waals surface area contributed by atoms with E-state index in [0.29, 0.717) is 6.04 Å². The zero-order valence-electron chi connectivity index (χ0n) is 12.9. The lowest BCUT2D eigenvalue weighted by molar-refractivity contribution is 0.194. The van der Waals surface area contributed by atoms with Gasteiger partial charge in [-0.2, -0.15) is 0 Å². The molecule has 0 aliphatic heterocycles. The lowest BCUT2D eigenvalue weighted by Gasteiger charge is -2.30. The topological polar surface area (TPSA) is 15.3 Å². The molecular weight excluding hydrogens is 220 g/mol. The first kappa shape index (κ1) is 16.0. The summed E-state index contributed by atoms with van der Waals surface area (Å²) in [6.45, 7) is 10.7. The van der Waals surface area contributed by atoms with E-state index < -0.39 is 0 Å². The summed E-state index contributed by atoms with van der Waals surface area (Å²) < 4.78 is 0. The normalized spacial score (nSPS) is 18.7. The fraction of sp³-hybridized carbons (Fsp3) is 1.00. The molecule has 108 valence electrons. The van der Waals surface area contributed by atoms with E-state index in [1.54, 1.807) is 0 Å². The molecular formula is C16H34N2. The smallest absolute Gasteiger partial charge is 0.0192 e. The minimum atomic E-state index is 0.698. The Bertz CT molecular complexity index is 180. The third kappa shape index (κ3) is 6.19. The van der Waals surface area contributed by atoms with Crippen LogP contribution in [0.2, 0.25) is 0 Å². The Balaban J connectivity index is 2.24. The predicted octanol–water partition coefficient (Wildman–Crippen LogP) is 3.81. The predicted molar refractivity (Wildman–Crippen MR) is 81.1 cm³/mol. The lowest BCUT2D eigenvalue weighted by Crippen LogP contribution is -2.43. The molecule has 0 amide bonds. The highest BCUT2D eigenvalue weighted by Gasteiger charge is 2.17. The molecule has 18 heavy (non-hydrogen) atoms. The van der Waals surface area contributed by atoms with Crippen molar-refractivity contribution in [2.75, 3.05) is 19.6 Å². The van der Waals surface area contributed by atoms with Gasteiger partial charge in [0.05, 0.1) is 0 Å². The second-order valence-corrected chi connectivity index (χ2v) is 5.98. The van der Waals surface area contributed by atoms with Crippen LogP contribution in [0, 0.1) is 0 Å². The Kier molecular flexibility index (Phi) is 8.70. The first-order valence-corrected chi connectivity index (χ1v) is 8.25. The molecule has 1 N–H and O–H groups in total. The molecule has 0 saturated heterocycles. The molecule has 1 aliphatic rings. The van der Waals surface area contributed by atoms with Crippen LogP contribution in [0.5, 0.6) is 0 Å². The molecule has 1 unspecified atom stereocenters. The number of nitrogens with zero attached hydrogens (tertiary/aromatic N) is 1. The quantitative estimate of drug-likeness (QED) is 0.638. The van der Waals surface area contributed by atoms with Crippen LogP contribution >= 0.6 is 0 Å². The van der Waals surface area contributed by atoms with Gasteiger partial charge in [0.1, 0.15) is 0 Å². The Labute approximate surface area is 115 Å². The van der Waals surface area contributed by atoms with E-state index in [0.717, 1.165) is 6.04 Å². The summed E-state index contributed by atoms with van der Waals surface area (Å²) in [5.41, 5.74) is 0. The highest BCUT2D eigenvalue weighted by atomic mass is 15.2. The average molecular weight is 254 g/mol. The average Bonchev–Trinajstić information content (AvgIpc) is 2.89. The van der Waals surface area contributed by atoms with E-state index in [-0.39, 0.29) is 0 Å². The first-order chi connectivity index (χ1) is 8.77. The number of nitrogens with one attached hydrogen (secondary N) is 1. The number of hydrogen-bond donors (Lipinski definition) is 1. The zero-order valence-corrected chi connectivity index (χ0v) is 12.9. The largest absolute Gasteiger partial charge is 0.312 e. The summed E-state index contributed by atoms with van der Waals surface area (Å²) >= 11 is 0. The monoisotopic (exact) mass is 254 g/mol. The number of unbranched alkanes of at least 4 members (excludes halogenated alkanes) is 2. The van der Waals surface area contributed by atoms with Gasteiger partial charge in [-0.1, -0.05) is 39.5 Å². The van der Waals surface area contributed by atoms with E-state index in [1.807, 2.05) is 0 Å². The molecule has 1 atom stereocenters. The Morgan fingerprint density at radius 1 is 1.06 bits per heavy atom. The van der Waals surface area contributed by atoms with Crippen molar-refractivity contribution in [3.8, 4) is 0 Å². The van der Waals surface area contributed by atoms with Crippen molar-refractivity contribution in [2.24, 2.45) is 0 Å². The molecule has 1 saturated carbocycles. The summed E-state index contributed by atoms with van der Waals surface area (Å²) in [5.74, 6) is 0. The van der Waals surface area contributed by atoms with Gasteiger partial charge in [-0.3, -0.25) is 4.90 Å². The van der Waals surface area contributed by atoms with Gasteiger partial charge in [0, 0.05) is 18.6 Å². The van der Waals surface area contributed by atoms with Gasteiger partial charge >= 0.3 is 0 Å². The van der Waals surface area contributed by atoms with Crippen molar-refractivity contribution < 1.29 is 0 Å². The molecule has 2 nitrogen and oxygen atoms in total. The Morgan fingerprint density at radius 2 is 1.61 bits per heavy atom. The molecule has 0 aromatic rings. The molecule has 2 heteroatoms. The lowest BCUT2D eigenvalue weighted by atomic mass is 10.2. The molecule has 0 bridgehead atoms. The SMILES string of the molecule is CCCCN(CCCC)C(C)CNC1CCCC1. The number of rotatable bonds is 10. The molecule has 0 spiro atoms. The van der Waals surface area contributed by atoms with Gasteiger partial charge in [-0.15, -0.1) is 0 Å². The van der Waals surface area contributed by atoms with Crippen molar-refractivity contribution in [1.29, 1.82) is 0 Å². The maximum absolute atomic E-state index is 3.77. The van der Waals surface area contributed by atoms with Crippen molar-refractivity contribution in [3.05, 3.63) is 0 Å². The van der Waals surface area contributed by atoms with Crippen LogP contribution < -0.4 is 5.32 Å². The molecule has 0 heterocycles. The van der Waals surface area contributed by atoms with Crippen LogP contribution in [0.25, 0.3) is 0 Å². The summed E-state index contributed by atoms with van der Waals surface area (Å²) in [6, 6.07) is 1.51. The van der Waals surface area contributed by atoms with Gasteiger partial charge in [-0.25, -0.2) is 0 Å². The van der Waals surface area contributed by atoms with Crippen LogP contribution in [-0.2, 0) is 0 Å². The van der Waals surface area contributed by atoms with Gasteiger partial charge in [0.15, 0.2) is 0 Å². The summed E-state index contributed by atoms with van der Waals surface area (Å²) in [6.07, 6.45) is 11.0. The Hall–Kier alpha value is -0.0800. The minimum Gasteiger partial charge on any atom is -0.312 e. The van der Waals surface area contributed by atoms with Crippen LogP contribution in [-0.4, -0.2) is 36.6 Å². The van der Waals surface area contributed by atoms with Crippen molar-refractivity contribution in [2.45, 2.75) is 84.2 Å². The highest BCUT2D eigenvalue weighted by molar-refractivity contribution is 4.77. The van der Waals surface area contributed by atoms with Crippen LogP contribution in [0.15, 0.2) is 0 Å². The second-order valence-electron chi connectivity index (χ2n) is 5.98. The van der Waals surface area contributed by atoms with Crippen LogP contribution in [0.3, 0.4) is 0 Å². The minimum absolute atomic E-state index is 0.698. The van der Waals surface area contributed by atoms with Crippen LogP contribution in [0.1, 0.15) is 72.1 Å². The molecule has 0 aromatic carbocycles. The van der Waals surface area contributed by atoms with Crippen LogP contribution in [0.4, 0.5) is 0 Å². The Morgan fingerprint density at radius 3 is 2.11 bits per heavy atom. The molecule has 1 aliphatic carbocycles. The second kappa shape index (κ2) is 9.80. The van der Waals surface area contributed by atoms with Gasteiger partial charge in [-0.05, 0) is 45.7 Å². The third-order valence-corrected chi connectivity index (χ3v) is 4.28. The van der Waals surface area contributed by atoms with E-state index in [9.17, 15) is 0 Å². The molecule has 0 radical (unpaired) electrons. The fourth-order valence-corrected chi connectivity index (χ4v) is 2.87. The van der Waals surface area contributed by atoms with E-state index >= 15 is 0 Å². The number of hydrogen-bond acceptors (Lipinski definition) is 2. The molecule has 1 fully saturated rings. The van der Waals surface area contributed by atoms with Gasteiger partial charge < -0.3 is 5.32 Å². The fourth-order valence-electron chi connectivity index (χ4n) is 2.87. The maximum Gasteiger partial charge on any atom is 0.0192 e. The summed E-state index contributed by atoms with van der Waals surface area (Å²) in [5, 5.41) is 3.77. The van der Waals surface area contributed by atoms with Crippen molar-refractivity contribution >= 4 is 0 Å². The van der Waals surface area contributed by atoms with E-state index in [1.165, 1.54) is 71.0 Å². The third-order valence-electron chi connectivity index (χ3n) is 4.28. The van der Waals surface area contributed by atoms with Crippen molar-refractivity contribution in [3.63, 3.8) is 0 Å². The van der Waals surface area contributed by atoms with Gasteiger partial charge in [0.2, 0.25) is 0 Å². The summed E-state index contributed by atoms with van der Waals surface area (Å²) in [7, 11) is 0. The van der Waals surface area contributed by atoms with E-state index in [4.69, 9.17) is 0 Å². The van der Waals surface area contributed by atoms with Crippen molar-refractivity contribution in [1.82, 2.24) is 10.2 Å². The molecule has 1 rings (SSSR count). The highest BCUT2D eigenvalue weighted by Crippen LogP contribution is 2.17. The first-order valence-electron chi connectivity index (χ1n) is 8.25. The zero-order chi connectivity index (χ0) is 13.2. The maximum atomic E-state index is 3.77. The standard InChI is InChI=1S/C16H34N2/c1-4-6-12-18(13-7-5-2)15(3)14-17-16-10-8-9-11-16/h15-17H,4-14H2,1-3H3.